The summed E-state index contributed by atoms with van der Waals surface area (Å²) in [6.07, 6.45) is 0.818. The fourth-order valence-corrected chi connectivity index (χ4v) is 1.80. The van der Waals surface area contributed by atoms with Crippen LogP contribution in [0.1, 0.15) is 32.3 Å². The summed E-state index contributed by atoms with van der Waals surface area (Å²) in [7, 11) is 0. The fraction of sp³-hybridized carbons (Fsp3) is 0.615. The van der Waals surface area contributed by atoms with E-state index in [1.54, 1.807) is 4.90 Å². The van der Waals surface area contributed by atoms with Crippen molar-refractivity contribution in [3.05, 3.63) is 17.6 Å². The molecule has 1 heterocycles. The monoisotopic (exact) mass is 251 g/mol. The summed E-state index contributed by atoms with van der Waals surface area (Å²) in [5.41, 5.74) is 0.941. The van der Waals surface area contributed by atoms with Crippen LogP contribution < -0.4 is 4.90 Å². The average Bonchev–Trinajstić information content (AvgIpc) is 2.26. The predicted molar refractivity (Wildman–Crippen MR) is 70.8 cm³/mol. The Labute approximate surface area is 108 Å². The molecule has 0 bridgehead atoms. The van der Waals surface area contributed by atoms with Gasteiger partial charge in [-0.1, -0.05) is 20.8 Å². The molecule has 0 fully saturated rings. The third-order valence-electron chi connectivity index (χ3n) is 2.48. The molecule has 1 N–H and O–H groups in total. The van der Waals surface area contributed by atoms with Gasteiger partial charge < -0.3 is 10.0 Å². The molecule has 0 aliphatic carbocycles. The molecule has 0 aliphatic rings. The highest BCUT2D eigenvalue weighted by atomic mass is 16.4. The summed E-state index contributed by atoms with van der Waals surface area (Å²) in [5.74, 6) is 0.925. The number of rotatable bonds is 6. The van der Waals surface area contributed by atoms with E-state index in [2.05, 4.69) is 23.8 Å². The van der Waals surface area contributed by atoms with Crippen LogP contribution in [0.25, 0.3) is 0 Å². The van der Waals surface area contributed by atoms with Gasteiger partial charge in [0.25, 0.3) is 0 Å². The van der Waals surface area contributed by atoms with Gasteiger partial charge in [0.1, 0.15) is 18.2 Å². The lowest BCUT2D eigenvalue weighted by Gasteiger charge is -2.24. The Balaban J connectivity index is 3.02. The van der Waals surface area contributed by atoms with Crippen LogP contribution in [-0.2, 0) is 11.2 Å². The number of aryl methyl sites for hydroxylation is 2. The summed E-state index contributed by atoms with van der Waals surface area (Å²) >= 11 is 0. The maximum Gasteiger partial charge on any atom is 0.323 e. The van der Waals surface area contributed by atoms with Gasteiger partial charge in [0.05, 0.1) is 0 Å². The van der Waals surface area contributed by atoms with Crippen molar-refractivity contribution >= 4 is 11.8 Å². The molecule has 1 aromatic rings. The topological polar surface area (TPSA) is 66.3 Å². The zero-order chi connectivity index (χ0) is 13.7. The average molecular weight is 251 g/mol. The first-order valence-electron chi connectivity index (χ1n) is 6.23. The van der Waals surface area contributed by atoms with E-state index in [1.165, 1.54) is 0 Å². The molecule has 0 aromatic carbocycles. The van der Waals surface area contributed by atoms with E-state index in [4.69, 9.17) is 5.11 Å². The van der Waals surface area contributed by atoms with Crippen LogP contribution in [0.3, 0.4) is 0 Å². The van der Waals surface area contributed by atoms with Crippen molar-refractivity contribution < 1.29 is 9.90 Å². The van der Waals surface area contributed by atoms with E-state index in [9.17, 15) is 4.79 Å². The Kier molecular flexibility index (Phi) is 5.07. The normalized spacial score (nSPS) is 10.7. The van der Waals surface area contributed by atoms with Gasteiger partial charge in [-0.2, -0.15) is 0 Å². The Morgan fingerprint density at radius 1 is 1.44 bits per heavy atom. The second kappa shape index (κ2) is 6.33. The minimum atomic E-state index is -0.843. The minimum absolute atomic E-state index is 0.0300. The summed E-state index contributed by atoms with van der Waals surface area (Å²) in [5, 5.41) is 8.97. The summed E-state index contributed by atoms with van der Waals surface area (Å²) < 4.78 is 0. The second-order valence-corrected chi connectivity index (χ2v) is 4.79. The smallest absolute Gasteiger partial charge is 0.323 e. The molecule has 0 spiro atoms. The number of nitrogens with zero attached hydrogens (tertiary/aromatic N) is 3. The van der Waals surface area contributed by atoms with E-state index in [1.807, 2.05) is 19.9 Å². The molecular formula is C13H21N3O2. The maximum absolute atomic E-state index is 10.9. The lowest BCUT2D eigenvalue weighted by atomic mass is 10.2. The van der Waals surface area contributed by atoms with Crippen molar-refractivity contribution in [2.24, 2.45) is 5.92 Å². The SMILES string of the molecule is CCc1cc(N(CC(=O)O)CC(C)C)nc(C)n1. The Bertz CT molecular complexity index is 419. The van der Waals surface area contributed by atoms with Gasteiger partial charge in [-0.25, -0.2) is 9.97 Å². The number of aliphatic carboxylic acids is 1. The van der Waals surface area contributed by atoms with Crippen LogP contribution in [0.4, 0.5) is 5.82 Å². The molecule has 5 nitrogen and oxygen atoms in total. The fourth-order valence-electron chi connectivity index (χ4n) is 1.80. The highest BCUT2D eigenvalue weighted by molar-refractivity contribution is 5.73. The molecule has 0 aliphatic heterocycles. The van der Waals surface area contributed by atoms with E-state index in [-0.39, 0.29) is 6.54 Å². The molecule has 100 valence electrons. The van der Waals surface area contributed by atoms with Crippen LogP contribution in [0, 0.1) is 12.8 Å². The number of carbonyl (C=O) groups is 1. The van der Waals surface area contributed by atoms with E-state index in [0.717, 1.165) is 12.1 Å². The van der Waals surface area contributed by atoms with E-state index < -0.39 is 5.97 Å². The molecule has 1 aromatic heterocycles. The van der Waals surface area contributed by atoms with Gasteiger partial charge in [-0.15, -0.1) is 0 Å². The van der Waals surface area contributed by atoms with Crippen molar-refractivity contribution in [1.29, 1.82) is 0 Å². The third-order valence-corrected chi connectivity index (χ3v) is 2.48. The molecule has 0 atom stereocenters. The summed E-state index contributed by atoms with van der Waals surface area (Å²) in [6, 6.07) is 1.87. The maximum atomic E-state index is 10.9. The van der Waals surface area contributed by atoms with Crippen molar-refractivity contribution in [1.82, 2.24) is 9.97 Å². The van der Waals surface area contributed by atoms with Crippen molar-refractivity contribution in [2.45, 2.75) is 34.1 Å². The number of hydrogen-bond acceptors (Lipinski definition) is 4. The summed E-state index contributed by atoms with van der Waals surface area (Å²) in [6.45, 7) is 8.61. The molecule has 0 saturated carbocycles. The first-order valence-corrected chi connectivity index (χ1v) is 6.23. The lowest BCUT2D eigenvalue weighted by molar-refractivity contribution is -0.135. The molecule has 18 heavy (non-hydrogen) atoms. The molecule has 1 rings (SSSR count). The number of carboxylic acid groups (broad SMARTS) is 1. The van der Waals surface area contributed by atoms with Crippen molar-refractivity contribution in [2.75, 3.05) is 18.0 Å². The van der Waals surface area contributed by atoms with E-state index in [0.29, 0.717) is 24.1 Å². The van der Waals surface area contributed by atoms with Gasteiger partial charge in [-0.05, 0) is 19.3 Å². The quantitative estimate of drug-likeness (QED) is 0.836. The van der Waals surface area contributed by atoms with Crippen molar-refractivity contribution in [3.8, 4) is 0 Å². The summed E-state index contributed by atoms with van der Waals surface area (Å²) in [4.78, 5) is 21.4. The molecule has 0 unspecified atom stereocenters. The molecular weight excluding hydrogens is 230 g/mol. The number of anilines is 1. The molecule has 0 saturated heterocycles. The first-order chi connectivity index (χ1) is 8.42. The van der Waals surface area contributed by atoms with Gasteiger partial charge in [-0.3, -0.25) is 4.79 Å². The Morgan fingerprint density at radius 2 is 2.11 bits per heavy atom. The lowest BCUT2D eigenvalue weighted by Crippen LogP contribution is -2.34. The van der Waals surface area contributed by atoms with Crippen LogP contribution >= 0.6 is 0 Å². The van der Waals surface area contributed by atoms with Gasteiger partial charge in [0.2, 0.25) is 0 Å². The number of aromatic nitrogens is 2. The Morgan fingerprint density at radius 3 is 2.61 bits per heavy atom. The highest BCUT2D eigenvalue weighted by Gasteiger charge is 2.14. The second-order valence-electron chi connectivity index (χ2n) is 4.79. The third kappa shape index (κ3) is 4.31. The van der Waals surface area contributed by atoms with Gasteiger partial charge >= 0.3 is 5.97 Å². The predicted octanol–water partition coefficient (Wildman–Crippen LogP) is 1.89. The van der Waals surface area contributed by atoms with Gasteiger partial charge in [0, 0.05) is 18.3 Å². The number of carboxylic acids is 1. The highest BCUT2D eigenvalue weighted by Crippen LogP contribution is 2.15. The number of hydrogen-bond donors (Lipinski definition) is 1. The standard InChI is InChI=1S/C13H21N3O2/c1-5-11-6-12(15-10(4)14-11)16(7-9(2)3)8-13(17)18/h6,9H,5,7-8H2,1-4H3,(H,17,18). The van der Waals surface area contributed by atoms with Crippen molar-refractivity contribution in [3.63, 3.8) is 0 Å². The zero-order valence-electron chi connectivity index (χ0n) is 11.5. The van der Waals surface area contributed by atoms with Crippen LogP contribution in [0.2, 0.25) is 0 Å². The van der Waals surface area contributed by atoms with E-state index >= 15 is 0 Å². The van der Waals surface area contributed by atoms with Crippen LogP contribution in [0.15, 0.2) is 6.07 Å². The van der Waals surface area contributed by atoms with Gasteiger partial charge in [0.15, 0.2) is 0 Å². The zero-order valence-corrected chi connectivity index (χ0v) is 11.5. The van der Waals surface area contributed by atoms with Crippen LogP contribution in [0.5, 0.6) is 0 Å². The molecule has 5 heteroatoms. The first kappa shape index (κ1) is 14.4. The largest absolute Gasteiger partial charge is 0.480 e. The van der Waals surface area contributed by atoms with Crippen LogP contribution in [-0.4, -0.2) is 34.1 Å². The molecule has 0 amide bonds. The molecule has 0 radical (unpaired) electrons. The Hall–Kier alpha value is -1.65. The minimum Gasteiger partial charge on any atom is -0.480 e.